The van der Waals surface area contributed by atoms with Crippen LogP contribution in [0.4, 0.5) is 20.6 Å². The number of carbonyl (C=O) groups excluding carboxylic acids is 1. The van der Waals surface area contributed by atoms with Gasteiger partial charge in [-0.1, -0.05) is 0 Å². The third kappa shape index (κ3) is 5.69. The summed E-state index contributed by atoms with van der Waals surface area (Å²) in [5.74, 6) is -0.487. The summed E-state index contributed by atoms with van der Waals surface area (Å²) in [6.45, 7) is 2.89. The number of nitrogens with one attached hydrogen (secondary N) is 1. The van der Waals surface area contributed by atoms with Crippen molar-refractivity contribution >= 4 is 25.3 Å². The van der Waals surface area contributed by atoms with E-state index >= 15 is 0 Å². The number of aliphatic hydroxyl groups is 1. The summed E-state index contributed by atoms with van der Waals surface area (Å²) in [4.78, 5) is 32.8. The summed E-state index contributed by atoms with van der Waals surface area (Å²) in [6.07, 6.45) is -0.00797. The van der Waals surface area contributed by atoms with E-state index in [1.54, 1.807) is 29.9 Å². The van der Waals surface area contributed by atoms with Gasteiger partial charge < -0.3 is 24.5 Å². The number of halogens is 1. The van der Waals surface area contributed by atoms with Crippen LogP contribution in [0.3, 0.4) is 0 Å². The Hall–Kier alpha value is -2.54. The van der Waals surface area contributed by atoms with Crippen LogP contribution < -0.4 is 15.1 Å². The Bertz CT molecular complexity index is 1050. The van der Waals surface area contributed by atoms with Crippen molar-refractivity contribution in [1.29, 1.82) is 0 Å². The van der Waals surface area contributed by atoms with Gasteiger partial charge >= 0.3 is 13.9 Å². The number of benzene rings is 1. The highest BCUT2D eigenvalue weighted by Crippen LogP contribution is 2.36. The average molecular weight is 485 g/mol. The van der Waals surface area contributed by atoms with Crippen molar-refractivity contribution in [2.75, 3.05) is 29.5 Å². The minimum absolute atomic E-state index is 0.181. The number of nitrogens with zero attached hydrogens (tertiary/aromatic N) is 4. The zero-order chi connectivity index (χ0) is 23.8. The second-order valence-corrected chi connectivity index (χ2v) is 9.12. The largest absolute Gasteiger partial charge is 0.469 e. The molecule has 0 spiro atoms. The fourth-order valence-corrected chi connectivity index (χ4v) is 4.13. The Labute approximate surface area is 188 Å². The van der Waals surface area contributed by atoms with Crippen molar-refractivity contribution in [3.63, 3.8) is 0 Å². The van der Waals surface area contributed by atoms with Gasteiger partial charge in [0.25, 0.3) is 0 Å². The summed E-state index contributed by atoms with van der Waals surface area (Å²) in [5, 5.41) is 16.5. The molecule has 0 radical (unpaired) electrons. The number of amides is 1. The van der Waals surface area contributed by atoms with Crippen LogP contribution in [-0.4, -0.2) is 62.8 Å². The van der Waals surface area contributed by atoms with Crippen molar-refractivity contribution in [2.45, 2.75) is 38.9 Å². The van der Waals surface area contributed by atoms with Gasteiger partial charge in [0, 0.05) is 24.8 Å². The molecule has 0 saturated carbocycles. The van der Waals surface area contributed by atoms with E-state index in [2.05, 4.69) is 14.9 Å². The molecule has 1 fully saturated rings. The first-order valence-corrected chi connectivity index (χ1v) is 11.8. The van der Waals surface area contributed by atoms with Gasteiger partial charge in [0.1, 0.15) is 18.1 Å². The van der Waals surface area contributed by atoms with Crippen LogP contribution in [0.25, 0.3) is 0 Å². The summed E-state index contributed by atoms with van der Waals surface area (Å²) in [6, 6.07) is 4.55. The van der Waals surface area contributed by atoms with Crippen molar-refractivity contribution in [2.24, 2.45) is 0 Å². The number of aliphatic hydroxyl groups excluding tert-OH is 1. The van der Waals surface area contributed by atoms with Gasteiger partial charge in [-0.2, -0.15) is 5.10 Å². The second-order valence-electron chi connectivity index (χ2n) is 7.88. The van der Waals surface area contributed by atoms with E-state index in [0.29, 0.717) is 24.5 Å². The highest BCUT2D eigenvalue weighted by Gasteiger charge is 2.33. The lowest BCUT2D eigenvalue weighted by atomic mass is 10.2. The van der Waals surface area contributed by atoms with Crippen LogP contribution >= 0.6 is 7.82 Å². The summed E-state index contributed by atoms with van der Waals surface area (Å²) in [5.41, 5.74) is 2.37. The SMILES string of the molecule is CC(O)NC[C@H]1CN(c2ccc(N3Cc4cn(CCOP(=O)(O)O)nc4C3)c(F)c2)C(=O)O1. The Morgan fingerprint density at radius 1 is 1.39 bits per heavy atom. The molecular formula is C19H25FN5O7P. The molecule has 2 atom stereocenters. The summed E-state index contributed by atoms with van der Waals surface area (Å²) < 4.78 is 36.9. The maximum Gasteiger partial charge on any atom is 0.469 e. The molecule has 1 amide bonds. The van der Waals surface area contributed by atoms with Crippen LogP contribution in [0.5, 0.6) is 0 Å². The number of aromatic nitrogens is 2. The normalized spacial score (nSPS) is 19.2. The third-order valence-corrected chi connectivity index (χ3v) is 5.82. The van der Waals surface area contributed by atoms with E-state index < -0.39 is 32.1 Å². The predicted octanol–water partition coefficient (Wildman–Crippen LogP) is 0.905. The Kier molecular flexibility index (Phi) is 6.71. The number of ether oxygens (including phenoxy) is 1. The molecule has 4 rings (SSSR count). The van der Waals surface area contributed by atoms with Crippen molar-refractivity contribution in [3.05, 3.63) is 41.5 Å². The molecule has 180 valence electrons. The van der Waals surface area contributed by atoms with Crippen molar-refractivity contribution < 1.29 is 37.9 Å². The van der Waals surface area contributed by atoms with E-state index in [1.165, 1.54) is 11.0 Å². The molecule has 2 aliphatic rings. The molecule has 0 aliphatic carbocycles. The summed E-state index contributed by atoms with van der Waals surface area (Å²) in [7, 11) is -4.52. The van der Waals surface area contributed by atoms with Crippen LogP contribution in [0.2, 0.25) is 0 Å². The maximum absolute atomic E-state index is 14.9. The molecule has 1 unspecified atom stereocenters. The first-order chi connectivity index (χ1) is 15.6. The maximum atomic E-state index is 14.9. The summed E-state index contributed by atoms with van der Waals surface area (Å²) >= 11 is 0. The fraction of sp³-hybridized carbons (Fsp3) is 0.474. The smallest absolute Gasteiger partial charge is 0.443 e. The Morgan fingerprint density at radius 2 is 2.18 bits per heavy atom. The quantitative estimate of drug-likeness (QED) is 0.298. The molecule has 1 aromatic heterocycles. The number of hydrogen-bond acceptors (Lipinski definition) is 8. The van der Waals surface area contributed by atoms with Gasteiger partial charge in [-0.05, 0) is 25.1 Å². The fourth-order valence-electron chi connectivity index (χ4n) is 3.81. The highest BCUT2D eigenvalue weighted by atomic mass is 31.2. The second kappa shape index (κ2) is 9.37. The minimum atomic E-state index is -4.52. The number of fused-ring (bicyclic) bond motifs is 1. The van der Waals surface area contributed by atoms with E-state index in [4.69, 9.17) is 14.5 Å². The van der Waals surface area contributed by atoms with Crippen LogP contribution in [-0.2, 0) is 33.5 Å². The van der Waals surface area contributed by atoms with E-state index in [9.17, 15) is 18.9 Å². The minimum Gasteiger partial charge on any atom is -0.443 e. The molecule has 1 saturated heterocycles. The molecule has 3 heterocycles. The molecule has 0 bridgehead atoms. The third-order valence-electron chi connectivity index (χ3n) is 5.31. The molecule has 4 N–H and O–H groups in total. The van der Waals surface area contributed by atoms with Gasteiger partial charge in [0.2, 0.25) is 0 Å². The van der Waals surface area contributed by atoms with Crippen molar-refractivity contribution in [1.82, 2.24) is 15.1 Å². The highest BCUT2D eigenvalue weighted by molar-refractivity contribution is 7.46. The molecule has 1 aromatic carbocycles. The topological polar surface area (TPSA) is 150 Å². The number of rotatable bonds is 9. The number of anilines is 2. The monoisotopic (exact) mass is 485 g/mol. The number of cyclic esters (lactones) is 1. The van der Waals surface area contributed by atoms with Crippen LogP contribution in [0, 0.1) is 5.82 Å². The Morgan fingerprint density at radius 3 is 2.85 bits per heavy atom. The molecule has 2 aromatic rings. The molecular weight excluding hydrogens is 460 g/mol. The van der Waals surface area contributed by atoms with Gasteiger partial charge in [0.05, 0.1) is 43.3 Å². The number of phosphoric acid groups is 1. The lowest BCUT2D eigenvalue weighted by molar-refractivity contribution is 0.110. The van der Waals surface area contributed by atoms with Crippen molar-refractivity contribution in [3.8, 4) is 0 Å². The number of carbonyl (C=O) groups is 1. The Balaban J connectivity index is 1.37. The first-order valence-electron chi connectivity index (χ1n) is 10.3. The van der Waals surface area contributed by atoms with Gasteiger partial charge in [-0.25, -0.2) is 13.8 Å². The molecule has 2 aliphatic heterocycles. The van der Waals surface area contributed by atoms with Gasteiger partial charge in [-0.15, -0.1) is 0 Å². The van der Waals surface area contributed by atoms with Gasteiger partial charge in [0.15, 0.2) is 0 Å². The zero-order valence-corrected chi connectivity index (χ0v) is 18.7. The average Bonchev–Trinajstić information content (AvgIpc) is 3.38. The zero-order valence-electron chi connectivity index (χ0n) is 17.8. The molecule has 14 heteroatoms. The number of phosphoric ester groups is 1. The molecule has 33 heavy (non-hydrogen) atoms. The number of hydrogen-bond donors (Lipinski definition) is 4. The lowest BCUT2D eigenvalue weighted by Gasteiger charge is -2.21. The van der Waals surface area contributed by atoms with Crippen LogP contribution in [0.15, 0.2) is 24.4 Å². The lowest BCUT2D eigenvalue weighted by Crippen LogP contribution is -2.35. The van der Waals surface area contributed by atoms with Gasteiger partial charge in [-0.3, -0.25) is 19.4 Å². The van der Waals surface area contributed by atoms with E-state index in [1.807, 2.05) is 4.90 Å². The predicted molar refractivity (Wildman–Crippen MR) is 114 cm³/mol. The van der Waals surface area contributed by atoms with Crippen LogP contribution in [0.1, 0.15) is 18.2 Å². The first kappa shape index (κ1) is 23.6. The van der Waals surface area contributed by atoms with E-state index in [0.717, 1.165) is 11.3 Å². The van der Waals surface area contributed by atoms with E-state index in [-0.39, 0.29) is 26.2 Å². The molecule has 12 nitrogen and oxygen atoms in total. The standard InChI is InChI=1S/C19H25FN5O7P/c1-12(26)21-7-15-10-25(19(27)32-15)14-2-3-18(16(20)6-14)23-8-13-9-24(22-17(13)11-23)4-5-31-33(28,29)30/h2-3,6,9,12,15,21,26H,4-5,7-8,10-11H2,1H3,(H2,28,29,30)/t12?,15-/m0/s1.